The van der Waals surface area contributed by atoms with Gasteiger partial charge in [0.15, 0.2) is 25.7 Å². The van der Waals surface area contributed by atoms with Gasteiger partial charge in [0.2, 0.25) is 0 Å². The highest BCUT2D eigenvalue weighted by Crippen LogP contribution is 2.31. The van der Waals surface area contributed by atoms with Crippen LogP contribution in [0.25, 0.3) is 0 Å². The van der Waals surface area contributed by atoms with Crippen molar-refractivity contribution in [2.75, 3.05) is 53.6 Å². The highest BCUT2D eigenvalue weighted by atomic mass is 16.2. The van der Waals surface area contributed by atoms with Crippen molar-refractivity contribution in [2.24, 2.45) is 0 Å². The van der Waals surface area contributed by atoms with E-state index >= 15 is 0 Å². The normalized spacial score (nSPS) is 31.3. The molecule has 4 saturated heterocycles. The van der Waals surface area contributed by atoms with Gasteiger partial charge in [0.1, 0.15) is 0 Å². The Morgan fingerprint density at radius 1 is 0.692 bits per heavy atom. The van der Waals surface area contributed by atoms with Gasteiger partial charge in [0, 0.05) is 14.1 Å². The molecule has 0 bridgehead atoms. The standard InChI is InChI=1S/C18H32N6O2/c1-19-15-16(24(17(19)25)14-22-11-7-4-8-12-22)20(2)18(26)23(15)13-21-9-5-3-6-10-21/h15-16H,3-14H2,1-2H3/p+2/t15-,16-/m1/s1. The molecular formula is C18H34N6O2+2. The zero-order valence-electron chi connectivity index (χ0n) is 16.2. The van der Waals surface area contributed by atoms with Gasteiger partial charge in [-0.1, -0.05) is 0 Å². The van der Waals surface area contributed by atoms with Gasteiger partial charge < -0.3 is 19.6 Å². The largest absolute Gasteiger partial charge is 0.327 e. The molecule has 0 aromatic heterocycles. The quantitative estimate of drug-likeness (QED) is 0.631. The number of nitrogens with one attached hydrogen (secondary N) is 2. The summed E-state index contributed by atoms with van der Waals surface area (Å²) in [4.78, 5) is 36.3. The minimum absolute atomic E-state index is 0.0658. The maximum absolute atomic E-state index is 12.9. The topological polar surface area (TPSA) is 56.0 Å². The molecule has 4 aliphatic rings. The monoisotopic (exact) mass is 366 g/mol. The summed E-state index contributed by atoms with van der Waals surface area (Å²) in [7, 11) is 3.72. The van der Waals surface area contributed by atoms with Crippen LogP contribution in [0.4, 0.5) is 9.59 Å². The fraction of sp³-hybridized carbons (Fsp3) is 0.889. The van der Waals surface area contributed by atoms with Gasteiger partial charge in [-0.05, 0) is 38.5 Å². The number of hydrogen-bond donors (Lipinski definition) is 2. The molecule has 4 heterocycles. The van der Waals surface area contributed by atoms with Crippen LogP contribution in [0.1, 0.15) is 38.5 Å². The summed E-state index contributed by atoms with van der Waals surface area (Å²) < 4.78 is 0. The molecule has 0 aromatic carbocycles. The number of likely N-dealkylation sites (N-methyl/N-ethyl adjacent to an activating group) is 2. The van der Waals surface area contributed by atoms with E-state index in [-0.39, 0.29) is 24.4 Å². The van der Waals surface area contributed by atoms with E-state index in [1.165, 1.54) is 48.3 Å². The lowest BCUT2D eigenvalue weighted by Crippen LogP contribution is -3.14. The molecule has 8 heteroatoms. The number of rotatable bonds is 4. The van der Waals surface area contributed by atoms with Gasteiger partial charge >= 0.3 is 12.1 Å². The maximum Gasteiger partial charge on any atom is 0.327 e. The molecule has 0 aromatic rings. The van der Waals surface area contributed by atoms with Gasteiger partial charge in [-0.3, -0.25) is 9.80 Å². The van der Waals surface area contributed by atoms with E-state index in [0.29, 0.717) is 13.3 Å². The molecule has 26 heavy (non-hydrogen) atoms. The van der Waals surface area contributed by atoms with Crippen LogP contribution in [0, 0.1) is 0 Å². The van der Waals surface area contributed by atoms with Crippen molar-refractivity contribution >= 4 is 12.1 Å². The average Bonchev–Trinajstić information content (AvgIpc) is 3.05. The molecule has 4 aliphatic heterocycles. The second-order valence-corrected chi connectivity index (χ2v) is 8.49. The number of amides is 4. The molecule has 0 aliphatic carbocycles. The predicted octanol–water partition coefficient (Wildman–Crippen LogP) is -1.57. The Hall–Kier alpha value is -1.54. The van der Waals surface area contributed by atoms with Crippen LogP contribution >= 0.6 is 0 Å². The summed E-state index contributed by atoms with van der Waals surface area (Å²) in [5.74, 6) is 0. The molecule has 0 radical (unpaired) electrons. The number of likely N-dealkylation sites (tertiary alicyclic amines) is 2. The van der Waals surface area contributed by atoms with E-state index in [0.717, 1.165) is 26.2 Å². The first kappa shape index (κ1) is 17.9. The van der Waals surface area contributed by atoms with E-state index < -0.39 is 0 Å². The van der Waals surface area contributed by atoms with Crippen LogP contribution < -0.4 is 9.80 Å². The second-order valence-electron chi connectivity index (χ2n) is 8.49. The van der Waals surface area contributed by atoms with Gasteiger partial charge in [0.25, 0.3) is 0 Å². The summed E-state index contributed by atoms with van der Waals surface area (Å²) in [6.07, 6.45) is 7.24. The third-order valence-electron chi connectivity index (χ3n) is 6.70. The SMILES string of the molecule is CN1C(=O)N(C[NH+]2CCCCC2)[C@@H]2[C@H]1N(C[NH+]1CCCCC1)C(=O)N2C. The van der Waals surface area contributed by atoms with Crippen molar-refractivity contribution in [3.05, 3.63) is 0 Å². The van der Waals surface area contributed by atoms with E-state index in [4.69, 9.17) is 0 Å². The van der Waals surface area contributed by atoms with Crippen molar-refractivity contribution in [3.8, 4) is 0 Å². The summed E-state index contributed by atoms with van der Waals surface area (Å²) in [5.41, 5.74) is 0. The molecule has 8 nitrogen and oxygen atoms in total. The molecule has 0 spiro atoms. The van der Waals surface area contributed by atoms with Gasteiger partial charge in [-0.15, -0.1) is 0 Å². The summed E-state index contributed by atoms with van der Waals surface area (Å²) in [5, 5.41) is 0. The first-order valence-corrected chi connectivity index (χ1v) is 10.3. The van der Waals surface area contributed by atoms with Crippen molar-refractivity contribution in [3.63, 3.8) is 0 Å². The fourth-order valence-corrected chi connectivity index (χ4v) is 5.22. The van der Waals surface area contributed by atoms with Gasteiger partial charge in [-0.25, -0.2) is 9.59 Å². The van der Waals surface area contributed by atoms with Gasteiger partial charge in [-0.2, -0.15) is 0 Å². The molecule has 4 fully saturated rings. The molecule has 2 atom stereocenters. The number of piperidine rings is 2. The number of urea groups is 2. The van der Waals surface area contributed by atoms with E-state index in [1.807, 2.05) is 23.9 Å². The Balaban J connectivity index is 1.50. The van der Waals surface area contributed by atoms with Crippen LogP contribution in [0.5, 0.6) is 0 Å². The van der Waals surface area contributed by atoms with Crippen LogP contribution in [0.2, 0.25) is 0 Å². The minimum atomic E-state index is -0.154. The van der Waals surface area contributed by atoms with E-state index in [1.54, 1.807) is 9.80 Å². The van der Waals surface area contributed by atoms with Crippen molar-refractivity contribution in [2.45, 2.75) is 50.9 Å². The lowest BCUT2D eigenvalue weighted by Gasteiger charge is -2.32. The summed E-state index contributed by atoms with van der Waals surface area (Å²) >= 11 is 0. The Kier molecular flexibility index (Phi) is 4.96. The number of quaternary nitrogens is 2. The Morgan fingerprint density at radius 2 is 1.04 bits per heavy atom. The lowest BCUT2D eigenvalue weighted by atomic mass is 10.1. The number of carbonyl (C=O) groups excluding carboxylic acids is 2. The highest BCUT2D eigenvalue weighted by Gasteiger charge is 2.58. The van der Waals surface area contributed by atoms with Crippen LogP contribution in [0.3, 0.4) is 0 Å². The van der Waals surface area contributed by atoms with E-state index in [2.05, 4.69) is 0 Å². The number of fused-ring (bicyclic) bond motifs is 1. The molecule has 146 valence electrons. The zero-order chi connectivity index (χ0) is 18.3. The van der Waals surface area contributed by atoms with Crippen molar-refractivity contribution in [1.29, 1.82) is 0 Å². The second kappa shape index (κ2) is 7.23. The summed E-state index contributed by atoms with van der Waals surface area (Å²) in [6, 6.07) is 0.132. The number of nitrogens with zero attached hydrogens (tertiary/aromatic N) is 4. The molecule has 2 N–H and O–H groups in total. The fourth-order valence-electron chi connectivity index (χ4n) is 5.22. The Bertz CT molecular complexity index is 498. The zero-order valence-corrected chi connectivity index (χ0v) is 16.2. The molecule has 0 saturated carbocycles. The molecule has 0 unspecified atom stereocenters. The average molecular weight is 367 g/mol. The molecule has 4 rings (SSSR count). The highest BCUT2D eigenvalue weighted by molar-refractivity contribution is 5.84. The number of hydrogen-bond acceptors (Lipinski definition) is 2. The van der Waals surface area contributed by atoms with E-state index in [9.17, 15) is 9.59 Å². The third-order valence-corrected chi connectivity index (χ3v) is 6.70. The van der Waals surface area contributed by atoms with Crippen molar-refractivity contribution < 1.29 is 19.4 Å². The van der Waals surface area contributed by atoms with Crippen LogP contribution in [-0.4, -0.2) is 97.6 Å². The first-order chi connectivity index (χ1) is 12.6. The Labute approximate surface area is 156 Å². The van der Waals surface area contributed by atoms with Crippen LogP contribution in [-0.2, 0) is 0 Å². The Morgan fingerprint density at radius 3 is 1.38 bits per heavy atom. The van der Waals surface area contributed by atoms with Crippen molar-refractivity contribution in [1.82, 2.24) is 19.6 Å². The van der Waals surface area contributed by atoms with Crippen LogP contribution in [0.15, 0.2) is 0 Å². The molecule has 4 amide bonds. The maximum atomic E-state index is 12.9. The minimum Gasteiger partial charge on any atom is -0.318 e. The smallest absolute Gasteiger partial charge is 0.318 e. The predicted molar refractivity (Wildman–Crippen MR) is 96.4 cm³/mol. The number of carbonyl (C=O) groups is 2. The molecular weight excluding hydrogens is 332 g/mol. The van der Waals surface area contributed by atoms with Gasteiger partial charge in [0.05, 0.1) is 26.2 Å². The summed E-state index contributed by atoms with van der Waals surface area (Å²) in [6.45, 7) is 5.95. The first-order valence-electron chi connectivity index (χ1n) is 10.3. The third kappa shape index (κ3) is 3.03. The lowest BCUT2D eigenvalue weighted by molar-refractivity contribution is -0.914.